The summed E-state index contributed by atoms with van der Waals surface area (Å²) in [5.74, 6) is -0.444. The Kier molecular flexibility index (Phi) is 4.68. The van der Waals surface area contributed by atoms with E-state index >= 15 is 0 Å². The standard InChI is InChI=1S/C11H11ClF2O2/c1-16-10(15)6-5-7-8(11(13)14)3-2-4-9(7)12/h2-4,11H,5-6H2,1H3. The van der Waals surface area contributed by atoms with Crippen molar-refractivity contribution in [1.29, 1.82) is 0 Å². The lowest BCUT2D eigenvalue weighted by Gasteiger charge is -2.09. The number of alkyl halides is 2. The van der Waals surface area contributed by atoms with Crippen molar-refractivity contribution in [2.45, 2.75) is 19.3 Å². The second-order valence-electron chi connectivity index (χ2n) is 3.18. The zero-order valence-electron chi connectivity index (χ0n) is 8.67. The molecule has 16 heavy (non-hydrogen) atoms. The first-order chi connectivity index (χ1) is 7.56. The van der Waals surface area contributed by atoms with Crippen LogP contribution in [0.5, 0.6) is 0 Å². The number of benzene rings is 1. The van der Waals surface area contributed by atoms with Gasteiger partial charge in [-0.05, 0) is 18.1 Å². The Hall–Kier alpha value is -1.16. The summed E-state index contributed by atoms with van der Waals surface area (Å²) in [4.78, 5) is 10.9. The fourth-order valence-corrected chi connectivity index (χ4v) is 1.65. The Bertz CT molecular complexity index is 380. The summed E-state index contributed by atoms with van der Waals surface area (Å²) in [6.07, 6.45) is -2.39. The van der Waals surface area contributed by atoms with Crippen LogP contribution in [0.2, 0.25) is 5.02 Å². The third-order valence-electron chi connectivity index (χ3n) is 2.20. The minimum Gasteiger partial charge on any atom is -0.469 e. The van der Waals surface area contributed by atoms with E-state index < -0.39 is 12.4 Å². The molecule has 5 heteroatoms. The van der Waals surface area contributed by atoms with Crippen molar-refractivity contribution in [1.82, 2.24) is 0 Å². The summed E-state index contributed by atoms with van der Waals surface area (Å²) in [5, 5.41) is 0.252. The van der Waals surface area contributed by atoms with Gasteiger partial charge in [0.2, 0.25) is 0 Å². The summed E-state index contributed by atoms with van der Waals surface area (Å²) >= 11 is 5.81. The molecular formula is C11H11ClF2O2. The summed E-state index contributed by atoms with van der Waals surface area (Å²) in [7, 11) is 1.25. The number of carbonyl (C=O) groups excluding carboxylic acids is 1. The molecule has 1 aromatic carbocycles. The van der Waals surface area contributed by atoms with Crippen LogP contribution >= 0.6 is 11.6 Å². The van der Waals surface area contributed by atoms with Crippen LogP contribution in [0.3, 0.4) is 0 Å². The lowest BCUT2D eigenvalue weighted by atomic mass is 10.0. The first kappa shape index (κ1) is 12.9. The Morgan fingerprint density at radius 3 is 2.75 bits per heavy atom. The van der Waals surface area contributed by atoms with Gasteiger partial charge in [0.05, 0.1) is 7.11 Å². The Labute approximate surface area is 97.2 Å². The molecule has 2 nitrogen and oxygen atoms in total. The van der Waals surface area contributed by atoms with Crippen LogP contribution in [-0.4, -0.2) is 13.1 Å². The number of halogens is 3. The fourth-order valence-electron chi connectivity index (χ4n) is 1.37. The molecule has 0 spiro atoms. The normalized spacial score (nSPS) is 10.6. The SMILES string of the molecule is COC(=O)CCc1c(Cl)cccc1C(F)F. The van der Waals surface area contributed by atoms with Crippen molar-refractivity contribution in [2.75, 3.05) is 7.11 Å². The molecule has 0 unspecified atom stereocenters. The zero-order valence-corrected chi connectivity index (χ0v) is 9.43. The number of carbonyl (C=O) groups is 1. The molecule has 0 aromatic heterocycles. The summed E-state index contributed by atoms with van der Waals surface area (Å²) < 4.78 is 29.7. The van der Waals surface area contributed by atoms with E-state index in [9.17, 15) is 13.6 Å². The van der Waals surface area contributed by atoms with Gasteiger partial charge in [-0.15, -0.1) is 0 Å². The number of esters is 1. The molecule has 1 rings (SSSR count). The third-order valence-corrected chi connectivity index (χ3v) is 2.55. The maximum absolute atomic E-state index is 12.6. The van der Waals surface area contributed by atoms with E-state index in [-0.39, 0.29) is 23.4 Å². The molecule has 88 valence electrons. The van der Waals surface area contributed by atoms with Crippen molar-refractivity contribution >= 4 is 17.6 Å². The van der Waals surface area contributed by atoms with Gasteiger partial charge in [-0.2, -0.15) is 0 Å². The van der Waals surface area contributed by atoms with Crippen LogP contribution < -0.4 is 0 Å². The predicted octanol–water partition coefficient (Wildman–Crippen LogP) is 3.38. The van der Waals surface area contributed by atoms with Gasteiger partial charge in [0, 0.05) is 17.0 Å². The number of hydrogen-bond donors (Lipinski definition) is 0. The van der Waals surface area contributed by atoms with E-state index in [1.165, 1.54) is 25.3 Å². The van der Waals surface area contributed by atoms with Gasteiger partial charge >= 0.3 is 5.97 Å². The molecule has 0 fully saturated rings. The van der Waals surface area contributed by atoms with E-state index in [0.29, 0.717) is 5.56 Å². The first-order valence-corrected chi connectivity index (χ1v) is 5.06. The highest BCUT2D eigenvalue weighted by molar-refractivity contribution is 6.31. The van der Waals surface area contributed by atoms with Crippen LogP contribution in [0.1, 0.15) is 24.0 Å². The van der Waals surface area contributed by atoms with Gasteiger partial charge < -0.3 is 4.74 Å². The summed E-state index contributed by atoms with van der Waals surface area (Å²) in [6.45, 7) is 0. The molecule has 0 aliphatic carbocycles. The van der Waals surface area contributed by atoms with Crippen LogP contribution in [0, 0.1) is 0 Å². The van der Waals surface area contributed by atoms with E-state index in [1.807, 2.05) is 0 Å². The molecule has 0 aliphatic rings. The number of hydrogen-bond acceptors (Lipinski definition) is 2. The molecular weight excluding hydrogens is 238 g/mol. The quantitative estimate of drug-likeness (QED) is 0.764. The Morgan fingerprint density at radius 1 is 1.50 bits per heavy atom. The average molecular weight is 249 g/mol. The minimum absolute atomic E-state index is 0.0416. The maximum atomic E-state index is 12.6. The van der Waals surface area contributed by atoms with Crippen LogP contribution in [-0.2, 0) is 16.0 Å². The Morgan fingerprint density at radius 2 is 2.19 bits per heavy atom. The second-order valence-corrected chi connectivity index (χ2v) is 3.59. The average Bonchev–Trinajstić information content (AvgIpc) is 2.26. The molecule has 1 aromatic rings. The summed E-state index contributed by atoms with van der Waals surface area (Å²) in [5.41, 5.74) is 0.181. The number of ether oxygens (including phenoxy) is 1. The smallest absolute Gasteiger partial charge is 0.305 e. The highest BCUT2D eigenvalue weighted by Crippen LogP contribution is 2.29. The highest BCUT2D eigenvalue weighted by Gasteiger charge is 2.16. The number of methoxy groups -OCH3 is 1. The molecule has 0 radical (unpaired) electrons. The van der Waals surface area contributed by atoms with Gasteiger partial charge in [0.1, 0.15) is 0 Å². The highest BCUT2D eigenvalue weighted by atomic mass is 35.5. The molecule has 0 heterocycles. The lowest BCUT2D eigenvalue weighted by molar-refractivity contribution is -0.140. The summed E-state index contributed by atoms with van der Waals surface area (Å²) in [6, 6.07) is 4.30. The maximum Gasteiger partial charge on any atom is 0.305 e. The van der Waals surface area contributed by atoms with E-state index in [2.05, 4.69) is 4.74 Å². The zero-order chi connectivity index (χ0) is 12.1. The second kappa shape index (κ2) is 5.80. The molecule has 0 N–H and O–H groups in total. The molecule has 0 bridgehead atoms. The van der Waals surface area contributed by atoms with Gasteiger partial charge in [0.15, 0.2) is 0 Å². The minimum atomic E-state index is -2.59. The van der Waals surface area contributed by atoms with Crippen molar-refractivity contribution in [3.8, 4) is 0 Å². The van der Waals surface area contributed by atoms with Crippen molar-refractivity contribution in [3.63, 3.8) is 0 Å². The fraction of sp³-hybridized carbons (Fsp3) is 0.364. The van der Waals surface area contributed by atoms with E-state index in [0.717, 1.165) is 0 Å². The van der Waals surface area contributed by atoms with E-state index in [4.69, 9.17) is 11.6 Å². The molecule has 0 atom stereocenters. The van der Waals surface area contributed by atoms with Crippen molar-refractivity contribution in [3.05, 3.63) is 34.3 Å². The van der Waals surface area contributed by atoms with Gasteiger partial charge in [-0.3, -0.25) is 4.79 Å². The monoisotopic (exact) mass is 248 g/mol. The predicted molar refractivity (Wildman–Crippen MR) is 56.7 cm³/mol. The topological polar surface area (TPSA) is 26.3 Å². The van der Waals surface area contributed by atoms with Gasteiger partial charge in [0.25, 0.3) is 6.43 Å². The van der Waals surface area contributed by atoms with Gasteiger partial charge in [-0.1, -0.05) is 23.7 Å². The molecule has 0 amide bonds. The Balaban J connectivity index is 2.88. The molecule has 0 saturated carbocycles. The van der Waals surface area contributed by atoms with Crippen molar-refractivity contribution in [2.24, 2.45) is 0 Å². The third kappa shape index (κ3) is 3.17. The van der Waals surface area contributed by atoms with E-state index in [1.54, 1.807) is 0 Å². The van der Waals surface area contributed by atoms with Crippen molar-refractivity contribution < 1.29 is 18.3 Å². The number of rotatable bonds is 4. The van der Waals surface area contributed by atoms with Crippen LogP contribution in [0.4, 0.5) is 8.78 Å². The van der Waals surface area contributed by atoms with Crippen LogP contribution in [0.15, 0.2) is 18.2 Å². The molecule has 0 aliphatic heterocycles. The molecule has 0 saturated heterocycles. The largest absolute Gasteiger partial charge is 0.469 e. The van der Waals surface area contributed by atoms with Crippen LogP contribution in [0.25, 0.3) is 0 Å². The lowest BCUT2D eigenvalue weighted by Crippen LogP contribution is -2.04. The van der Waals surface area contributed by atoms with Gasteiger partial charge in [-0.25, -0.2) is 8.78 Å². The first-order valence-electron chi connectivity index (χ1n) is 4.68.